The molecule has 2 amide bonds. The molecular weight excluding hydrogens is 485 g/mol. The highest BCUT2D eigenvalue weighted by Crippen LogP contribution is 2.42. The van der Waals surface area contributed by atoms with Crippen molar-refractivity contribution in [2.75, 3.05) is 4.90 Å². The number of rotatable bonds is 4. The molecule has 1 aliphatic rings. The van der Waals surface area contributed by atoms with Crippen LogP contribution in [-0.2, 0) is 16.0 Å². The van der Waals surface area contributed by atoms with Gasteiger partial charge in [-0.05, 0) is 48.4 Å². The molecule has 0 bridgehead atoms. The van der Waals surface area contributed by atoms with Gasteiger partial charge in [0, 0.05) is 20.2 Å². The predicted octanol–water partition coefficient (Wildman–Crippen LogP) is 4.67. The highest BCUT2D eigenvalue weighted by molar-refractivity contribution is 9.10. The molecule has 1 atom stereocenters. The van der Waals surface area contributed by atoms with Gasteiger partial charge in [0.2, 0.25) is 5.91 Å². The quantitative estimate of drug-likeness (QED) is 0.492. The summed E-state index contributed by atoms with van der Waals surface area (Å²) >= 11 is 16.6. The van der Waals surface area contributed by atoms with E-state index in [9.17, 15) is 14.9 Å². The summed E-state index contributed by atoms with van der Waals surface area (Å²) in [7, 11) is 0. The third-order valence-corrected chi connectivity index (χ3v) is 6.41. The molecule has 0 spiro atoms. The maximum Gasteiger partial charge on any atom is 0.262 e. The van der Waals surface area contributed by atoms with Gasteiger partial charge in [-0.25, -0.2) is 0 Å². The lowest BCUT2D eigenvalue weighted by molar-refractivity contribution is -0.117. The number of thioether (sulfide) groups is 1. The molecule has 1 heterocycles. The lowest BCUT2D eigenvalue weighted by Gasteiger charge is -2.18. The summed E-state index contributed by atoms with van der Waals surface area (Å²) in [6.45, 7) is 0. The molecule has 2 N–H and O–H groups in total. The van der Waals surface area contributed by atoms with E-state index in [1.54, 1.807) is 42.5 Å². The zero-order valence-electron chi connectivity index (χ0n) is 14.2. The summed E-state index contributed by atoms with van der Waals surface area (Å²) in [5.74, 6) is -1.15. The van der Waals surface area contributed by atoms with Crippen LogP contribution in [-0.4, -0.2) is 17.1 Å². The zero-order chi connectivity index (χ0) is 20.4. The van der Waals surface area contributed by atoms with E-state index in [4.69, 9.17) is 28.9 Å². The standard InChI is InChI=1S/C19H12BrCl2N3O2S/c20-11-2-5-13(6-3-11)25-18(27)16(28-19(25)14(9-23)17(24)26)7-10-1-4-12(21)8-15(10)22/h1-6,8,16H,7H2,(H2,24,26)/b19-14-/t16-/m0/s1. The number of amides is 2. The van der Waals surface area contributed by atoms with Gasteiger partial charge >= 0.3 is 0 Å². The summed E-state index contributed by atoms with van der Waals surface area (Å²) in [4.78, 5) is 26.3. The Kier molecular flexibility index (Phi) is 6.36. The molecule has 0 aliphatic carbocycles. The van der Waals surface area contributed by atoms with Gasteiger partial charge in [0.15, 0.2) is 0 Å². The zero-order valence-corrected chi connectivity index (χ0v) is 18.1. The number of primary amides is 1. The van der Waals surface area contributed by atoms with Crippen LogP contribution in [0.15, 0.2) is 57.5 Å². The fourth-order valence-electron chi connectivity index (χ4n) is 2.71. The van der Waals surface area contributed by atoms with Crippen molar-refractivity contribution in [2.24, 2.45) is 5.73 Å². The monoisotopic (exact) mass is 495 g/mol. The fourth-order valence-corrected chi connectivity index (χ4v) is 4.77. The van der Waals surface area contributed by atoms with Gasteiger partial charge in [-0.3, -0.25) is 14.5 Å². The molecule has 0 unspecified atom stereocenters. The predicted molar refractivity (Wildman–Crippen MR) is 115 cm³/mol. The maximum atomic E-state index is 13.2. The molecule has 9 heteroatoms. The normalized spacial score (nSPS) is 18.1. The Hall–Kier alpha value is -1.98. The third-order valence-electron chi connectivity index (χ3n) is 4.03. The summed E-state index contributed by atoms with van der Waals surface area (Å²) in [5, 5.41) is 9.99. The van der Waals surface area contributed by atoms with Gasteiger partial charge in [0.25, 0.3) is 5.91 Å². The second kappa shape index (κ2) is 8.58. The first kappa shape index (κ1) is 20.7. The lowest BCUT2D eigenvalue weighted by atomic mass is 10.1. The summed E-state index contributed by atoms with van der Waals surface area (Å²) in [6, 6.07) is 13.8. The minimum Gasteiger partial charge on any atom is -0.365 e. The van der Waals surface area contributed by atoms with Crippen LogP contribution >= 0.6 is 50.9 Å². The van der Waals surface area contributed by atoms with Crippen LogP contribution in [0, 0.1) is 11.3 Å². The molecule has 0 saturated carbocycles. The average molecular weight is 497 g/mol. The van der Waals surface area contributed by atoms with Crippen molar-refractivity contribution in [2.45, 2.75) is 11.7 Å². The molecule has 1 fully saturated rings. The van der Waals surface area contributed by atoms with Gasteiger partial charge in [0.1, 0.15) is 16.7 Å². The van der Waals surface area contributed by atoms with Crippen molar-refractivity contribution in [3.63, 3.8) is 0 Å². The van der Waals surface area contributed by atoms with Crippen LogP contribution in [0.2, 0.25) is 10.0 Å². The van der Waals surface area contributed by atoms with E-state index in [1.165, 1.54) is 4.90 Å². The van der Waals surface area contributed by atoms with Gasteiger partial charge < -0.3 is 5.73 Å². The van der Waals surface area contributed by atoms with E-state index >= 15 is 0 Å². The Morgan fingerprint density at radius 3 is 2.50 bits per heavy atom. The van der Waals surface area contributed by atoms with Crippen LogP contribution in [0.5, 0.6) is 0 Å². The largest absolute Gasteiger partial charge is 0.365 e. The fraction of sp³-hybridized carbons (Fsp3) is 0.105. The number of halogens is 3. The summed E-state index contributed by atoms with van der Waals surface area (Å²) in [5.41, 5.74) is 6.38. The van der Waals surface area contributed by atoms with Gasteiger partial charge in [-0.15, -0.1) is 0 Å². The highest BCUT2D eigenvalue weighted by atomic mass is 79.9. The number of hydrogen-bond donors (Lipinski definition) is 1. The molecule has 2 aromatic carbocycles. The second-order valence-corrected chi connectivity index (χ2v) is 8.80. The highest BCUT2D eigenvalue weighted by Gasteiger charge is 2.40. The van der Waals surface area contributed by atoms with E-state index in [0.717, 1.165) is 21.8 Å². The van der Waals surface area contributed by atoms with E-state index < -0.39 is 11.2 Å². The molecule has 28 heavy (non-hydrogen) atoms. The van der Waals surface area contributed by atoms with Crippen LogP contribution in [0.1, 0.15) is 5.56 Å². The third kappa shape index (κ3) is 4.20. The number of benzene rings is 2. The molecule has 0 radical (unpaired) electrons. The van der Waals surface area contributed by atoms with E-state index in [2.05, 4.69) is 15.9 Å². The van der Waals surface area contributed by atoms with Crippen molar-refractivity contribution in [1.82, 2.24) is 0 Å². The second-order valence-electron chi connectivity index (χ2n) is 5.85. The number of hydrogen-bond acceptors (Lipinski definition) is 4. The van der Waals surface area contributed by atoms with Crippen LogP contribution in [0.3, 0.4) is 0 Å². The number of carbonyl (C=O) groups is 2. The summed E-state index contributed by atoms with van der Waals surface area (Å²) in [6.07, 6.45) is 0.313. The first-order chi connectivity index (χ1) is 13.3. The Labute approximate surface area is 184 Å². The average Bonchev–Trinajstić information content (AvgIpc) is 2.95. The topological polar surface area (TPSA) is 87.2 Å². The van der Waals surface area contributed by atoms with Crippen molar-refractivity contribution in [3.8, 4) is 6.07 Å². The maximum absolute atomic E-state index is 13.2. The van der Waals surface area contributed by atoms with Crippen molar-refractivity contribution in [3.05, 3.63) is 73.1 Å². The molecule has 1 aliphatic heterocycles. The lowest BCUT2D eigenvalue weighted by Crippen LogP contribution is -2.31. The number of anilines is 1. The van der Waals surface area contributed by atoms with E-state index in [0.29, 0.717) is 22.2 Å². The van der Waals surface area contributed by atoms with Gasteiger partial charge in [0.05, 0.1) is 5.25 Å². The number of nitrogens with zero attached hydrogens (tertiary/aromatic N) is 2. The van der Waals surface area contributed by atoms with Crippen molar-refractivity contribution < 1.29 is 9.59 Å². The Morgan fingerprint density at radius 1 is 1.25 bits per heavy atom. The van der Waals surface area contributed by atoms with Crippen LogP contribution < -0.4 is 10.6 Å². The molecule has 2 aromatic rings. The Balaban J connectivity index is 2.04. The minimum absolute atomic E-state index is 0.220. The van der Waals surface area contributed by atoms with E-state index in [-0.39, 0.29) is 16.5 Å². The minimum atomic E-state index is -0.884. The van der Waals surface area contributed by atoms with Crippen LogP contribution in [0.25, 0.3) is 0 Å². The van der Waals surface area contributed by atoms with E-state index in [1.807, 2.05) is 6.07 Å². The smallest absolute Gasteiger partial charge is 0.262 e. The van der Waals surface area contributed by atoms with Crippen molar-refractivity contribution in [1.29, 1.82) is 5.26 Å². The number of carbonyl (C=O) groups excluding carboxylic acids is 2. The first-order valence-electron chi connectivity index (χ1n) is 7.96. The Morgan fingerprint density at radius 2 is 1.93 bits per heavy atom. The molecule has 0 aromatic heterocycles. The number of nitriles is 1. The molecule has 5 nitrogen and oxygen atoms in total. The van der Waals surface area contributed by atoms with Gasteiger partial charge in [-0.1, -0.05) is 57.0 Å². The molecular formula is C19H12BrCl2N3O2S. The molecule has 1 saturated heterocycles. The Bertz CT molecular complexity index is 1030. The SMILES string of the molecule is N#C/C(C(N)=O)=C1/S[C@@H](Cc2ccc(Cl)cc2Cl)C(=O)N1c1ccc(Br)cc1. The molecule has 3 rings (SSSR count). The van der Waals surface area contributed by atoms with Gasteiger partial charge in [-0.2, -0.15) is 5.26 Å². The number of nitrogens with two attached hydrogens (primary N) is 1. The first-order valence-corrected chi connectivity index (χ1v) is 10.4. The van der Waals surface area contributed by atoms with Crippen LogP contribution in [0.4, 0.5) is 5.69 Å². The summed E-state index contributed by atoms with van der Waals surface area (Å²) < 4.78 is 0.834. The molecule has 142 valence electrons. The van der Waals surface area contributed by atoms with Crippen molar-refractivity contribution >= 4 is 68.4 Å².